The predicted molar refractivity (Wildman–Crippen MR) is 91.1 cm³/mol. The van der Waals surface area contributed by atoms with Crippen LogP contribution in [0.5, 0.6) is 0 Å². The van der Waals surface area contributed by atoms with E-state index in [0.717, 1.165) is 20.6 Å². The van der Waals surface area contributed by atoms with Crippen LogP contribution in [0.4, 0.5) is 0 Å². The van der Waals surface area contributed by atoms with Crippen molar-refractivity contribution in [2.75, 3.05) is 7.05 Å². The second-order valence-corrected chi connectivity index (χ2v) is 6.55. The summed E-state index contributed by atoms with van der Waals surface area (Å²) in [6.07, 6.45) is 0.714. The molecule has 106 valence electrons. The van der Waals surface area contributed by atoms with Crippen molar-refractivity contribution >= 4 is 50.7 Å². The van der Waals surface area contributed by atoms with Gasteiger partial charge in [0.25, 0.3) is 0 Å². The first kappa shape index (κ1) is 16.1. The maximum absolute atomic E-state index is 6.27. The molecule has 2 aromatic carbocycles. The van der Waals surface area contributed by atoms with E-state index < -0.39 is 0 Å². The van der Waals surface area contributed by atoms with Gasteiger partial charge in [0.2, 0.25) is 0 Å². The monoisotopic (exact) mass is 391 g/mol. The summed E-state index contributed by atoms with van der Waals surface area (Å²) in [6.45, 7) is 0. The second kappa shape index (κ2) is 7.15. The first-order valence-electron chi connectivity index (χ1n) is 6.08. The molecule has 1 atom stereocenters. The minimum atomic E-state index is 0.00914. The molecule has 1 unspecified atom stereocenters. The molecule has 0 fully saturated rings. The number of nitrogens with one attached hydrogen (secondary N) is 1. The lowest BCUT2D eigenvalue weighted by molar-refractivity contribution is 0.592. The van der Waals surface area contributed by atoms with E-state index in [0.29, 0.717) is 16.5 Å². The molecule has 0 spiro atoms. The quantitative estimate of drug-likeness (QED) is 0.681. The summed E-state index contributed by atoms with van der Waals surface area (Å²) in [4.78, 5) is 0. The first-order chi connectivity index (χ1) is 9.52. The van der Waals surface area contributed by atoms with Crippen LogP contribution in [-0.2, 0) is 6.42 Å². The molecule has 0 aromatic heterocycles. The number of likely N-dealkylation sites (N-methyl/N-ethyl adjacent to an activating group) is 1. The standard InChI is InChI=1S/C15H13BrCl3N/c1-20-14(15-11(17)3-2-4-12(15)18)7-9-5-6-10(16)8-13(9)19/h2-6,8,14,20H,7H2,1H3. The van der Waals surface area contributed by atoms with E-state index >= 15 is 0 Å². The van der Waals surface area contributed by atoms with Gasteiger partial charge in [-0.05, 0) is 43.3 Å². The van der Waals surface area contributed by atoms with Crippen molar-refractivity contribution < 1.29 is 0 Å². The smallest absolute Gasteiger partial charge is 0.0468 e. The zero-order valence-corrected chi connectivity index (χ0v) is 14.6. The van der Waals surface area contributed by atoms with Gasteiger partial charge in [-0.3, -0.25) is 0 Å². The van der Waals surface area contributed by atoms with Crippen molar-refractivity contribution in [1.82, 2.24) is 5.32 Å². The summed E-state index contributed by atoms with van der Waals surface area (Å²) >= 11 is 22.2. The second-order valence-electron chi connectivity index (χ2n) is 4.42. The Balaban J connectivity index is 2.34. The molecule has 1 N–H and O–H groups in total. The average Bonchev–Trinajstić information content (AvgIpc) is 2.39. The van der Waals surface area contributed by atoms with Crippen LogP contribution in [0.1, 0.15) is 17.2 Å². The Morgan fingerprint density at radius 3 is 2.25 bits per heavy atom. The van der Waals surface area contributed by atoms with E-state index in [1.54, 1.807) is 0 Å². The van der Waals surface area contributed by atoms with Crippen LogP contribution in [0.25, 0.3) is 0 Å². The van der Waals surface area contributed by atoms with Crippen LogP contribution in [0.15, 0.2) is 40.9 Å². The molecule has 0 heterocycles. The summed E-state index contributed by atoms with van der Waals surface area (Å²) in [6, 6.07) is 11.4. The van der Waals surface area contributed by atoms with Gasteiger partial charge in [-0.1, -0.05) is 62.9 Å². The molecule has 0 radical (unpaired) electrons. The van der Waals surface area contributed by atoms with Crippen molar-refractivity contribution in [1.29, 1.82) is 0 Å². The number of benzene rings is 2. The van der Waals surface area contributed by atoms with Gasteiger partial charge in [0.1, 0.15) is 0 Å². The summed E-state index contributed by atoms with van der Waals surface area (Å²) in [5.74, 6) is 0. The van der Waals surface area contributed by atoms with Gasteiger partial charge in [0.15, 0.2) is 0 Å². The molecular formula is C15H13BrCl3N. The van der Waals surface area contributed by atoms with E-state index in [1.165, 1.54) is 0 Å². The van der Waals surface area contributed by atoms with Gasteiger partial charge < -0.3 is 5.32 Å². The van der Waals surface area contributed by atoms with Crippen LogP contribution in [0.3, 0.4) is 0 Å². The molecule has 0 bridgehead atoms. The molecule has 0 aliphatic rings. The maximum Gasteiger partial charge on any atom is 0.0468 e. The number of hydrogen-bond donors (Lipinski definition) is 1. The van der Waals surface area contributed by atoms with Crippen LogP contribution >= 0.6 is 50.7 Å². The van der Waals surface area contributed by atoms with E-state index in [1.807, 2.05) is 43.4 Å². The number of halogens is 4. The summed E-state index contributed by atoms with van der Waals surface area (Å²) in [5, 5.41) is 5.29. The van der Waals surface area contributed by atoms with Crippen molar-refractivity contribution in [2.24, 2.45) is 0 Å². The third-order valence-electron chi connectivity index (χ3n) is 3.14. The van der Waals surface area contributed by atoms with Gasteiger partial charge in [0, 0.05) is 31.1 Å². The fraction of sp³-hybridized carbons (Fsp3) is 0.200. The molecule has 2 rings (SSSR count). The Labute approximate surface area is 142 Å². The third-order valence-corrected chi connectivity index (χ3v) is 4.64. The molecule has 5 heteroatoms. The minimum absolute atomic E-state index is 0.00914. The van der Waals surface area contributed by atoms with E-state index in [-0.39, 0.29) is 6.04 Å². The third kappa shape index (κ3) is 3.69. The molecule has 0 saturated heterocycles. The average molecular weight is 394 g/mol. The highest BCUT2D eigenvalue weighted by molar-refractivity contribution is 9.10. The molecule has 2 aromatic rings. The largest absolute Gasteiger partial charge is 0.313 e. The first-order valence-corrected chi connectivity index (χ1v) is 8.00. The molecule has 0 aliphatic heterocycles. The lowest BCUT2D eigenvalue weighted by Gasteiger charge is -2.20. The van der Waals surface area contributed by atoms with Gasteiger partial charge in [-0.25, -0.2) is 0 Å². The van der Waals surface area contributed by atoms with Crippen LogP contribution in [0, 0.1) is 0 Å². The molecule has 0 amide bonds. The Kier molecular flexibility index (Phi) is 5.76. The van der Waals surface area contributed by atoms with Crippen LogP contribution in [0.2, 0.25) is 15.1 Å². The molecule has 20 heavy (non-hydrogen) atoms. The Morgan fingerprint density at radius 1 is 1.05 bits per heavy atom. The van der Waals surface area contributed by atoms with E-state index in [2.05, 4.69) is 21.2 Å². The molecular weight excluding hydrogens is 380 g/mol. The molecule has 1 nitrogen and oxygen atoms in total. The van der Waals surface area contributed by atoms with Gasteiger partial charge in [-0.15, -0.1) is 0 Å². The fourth-order valence-corrected chi connectivity index (χ4v) is 3.51. The topological polar surface area (TPSA) is 12.0 Å². The van der Waals surface area contributed by atoms with Crippen molar-refractivity contribution in [3.05, 3.63) is 67.1 Å². The van der Waals surface area contributed by atoms with Crippen molar-refractivity contribution in [3.63, 3.8) is 0 Å². The molecule has 0 saturated carbocycles. The minimum Gasteiger partial charge on any atom is -0.313 e. The Bertz CT molecular complexity index is 596. The number of rotatable bonds is 4. The summed E-state index contributed by atoms with van der Waals surface area (Å²) < 4.78 is 0.961. The van der Waals surface area contributed by atoms with Crippen LogP contribution < -0.4 is 5.32 Å². The van der Waals surface area contributed by atoms with Crippen molar-refractivity contribution in [3.8, 4) is 0 Å². The normalized spacial score (nSPS) is 12.4. The van der Waals surface area contributed by atoms with E-state index in [4.69, 9.17) is 34.8 Å². The zero-order chi connectivity index (χ0) is 14.7. The maximum atomic E-state index is 6.27. The van der Waals surface area contributed by atoms with Crippen LogP contribution in [-0.4, -0.2) is 7.05 Å². The van der Waals surface area contributed by atoms with Crippen molar-refractivity contribution in [2.45, 2.75) is 12.5 Å². The summed E-state index contributed by atoms with van der Waals surface area (Å²) in [5.41, 5.74) is 1.95. The predicted octanol–water partition coefficient (Wildman–Crippen LogP) is 5.91. The lowest BCUT2D eigenvalue weighted by Crippen LogP contribution is -2.19. The Hall–Kier alpha value is -0.250. The lowest BCUT2D eigenvalue weighted by atomic mass is 9.99. The number of hydrogen-bond acceptors (Lipinski definition) is 1. The van der Waals surface area contributed by atoms with Gasteiger partial charge >= 0.3 is 0 Å². The highest BCUT2D eigenvalue weighted by atomic mass is 79.9. The zero-order valence-electron chi connectivity index (χ0n) is 10.8. The van der Waals surface area contributed by atoms with Gasteiger partial charge in [0.05, 0.1) is 0 Å². The fourth-order valence-electron chi connectivity index (χ4n) is 2.10. The molecule has 0 aliphatic carbocycles. The highest BCUT2D eigenvalue weighted by Crippen LogP contribution is 2.33. The SMILES string of the molecule is CNC(Cc1ccc(Br)cc1Cl)c1c(Cl)cccc1Cl. The Morgan fingerprint density at radius 2 is 1.70 bits per heavy atom. The summed E-state index contributed by atoms with van der Waals surface area (Å²) in [7, 11) is 1.89. The van der Waals surface area contributed by atoms with E-state index in [9.17, 15) is 0 Å². The van der Waals surface area contributed by atoms with Gasteiger partial charge in [-0.2, -0.15) is 0 Å². The highest BCUT2D eigenvalue weighted by Gasteiger charge is 2.18.